The summed E-state index contributed by atoms with van der Waals surface area (Å²) in [5, 5.41) is 1.69. The summed E-state index contributed by atoms with van der Waals surface area (Å²) < 4.78 is 70.0. The van der Waals surface area contributed by atoms with Crippen molar-refractivity contribution in [2.24, 2.45) is 0 Å². The Bertz CT molecular complexity index is 965. The van der Waals surface area contributed by atoms with Gasteiger partial charge in [0.1, 0.15) is 12.3 Å². The molecule has 0 unspecified atom stereocenters. The normalized spacial score (nSPS) is 11.8. The van der Waals surface area contributed by atoms with Crippen LogP contribution >= 0.6 is 15.9 Å². The number of rotatable bonds is 7. The summed E-state index contributed by atoms with van der Waals surface area (Å²) in [6.07, 6.45) is -4.57. The Balaban J connectivity index is 2.20. The second-order valence-corrected chi connectivity index (χ2v) is 8.05. The van der Waals surface area contributed by atoms with Gasteiger partial charge in [-0.2, -0.15) is 13.2 Å². The Morgan fingerprint density at radius 1 is 1.18 bits per heavy atom. The van der Waals surface area contributed by atoms with Crippen molar-refractivity contribution < 1.29 is 31.1 Å². The number of ether oxygens (including phenoxy) is 1. The zero-order valence-corrected chi connectivity index (χ0v) is 16.9. The SMILES string of the molecule is CCOc1ccc(NS(=O)(=O)c2cccc(C(=O)NCC(F)(F)F)c2)cc1Br. The summed E-state index contributed by atoms with van der Waals surface area (Å²) >= 11 is 3.27. The molecule has 0 bridgehead atoms. The molecule has 0 aliphatic heterocycles. The van der Waals surface area contributed by atoms with E-state index < -0.39 is 28.7 Å². The summed E-state index contributed by atoms with van der Waals surface area (Å²) in [7, 11) is -4.07. The molecule has 0 spiro atoms. The number of alkyl halides is 3. The van der Waals surface area contributed by atoms with Gasteiger partial charge in [0.05, 0.1) is 21.7 Å². The summed E-state index contributed by atoms with van der Waals surface area (Å²) in [6.45, 7) is 0.731. The highest BCUT2D eigenvalue weighted by Gasteiger charge is 2.28. The van der Waals surface area contributed by atoms with E-state index in [9.17, 15) is 26.4 Å². The molecular formula is C17H16BrF3N2O4S. The van der Waals surface area contributed by atoms with Crippen molar-refractivity contribution in [2.45, 2.75) is 18.0 Å². The molecule has 0 aromatic heterocycles. The summed E-state index contributed by atoms with van der Waals surface area (Å²) in [6, 6.07) is 9.29. The number of sulfonamides is 1. The Kier molecular flexibility index (Phi) is 6.94. The lowest BCUT2D eigenvalue weighted by Crippen LogP contribution is -2.33. The molecule has 11 heteroatoms. The van der Waals surface area contributed by atoms with Crippen LogP contribution in [0.1, 0.15) is 17.3 Å². The van der Waals surface area contributed by atoms with Crippen molar-refractivity contribution in [3.05, 3.63) is 52.5 Å². The molecular weight excluding hydrogens is 465 g/mol. The lowest BCUT2D eigenvalue weighted by molar-refractivity contribution is -0.123. The van der Waals surface area contributed by atoms with E-state index >= 15 is 0 Å². The van der Waals surface area contributed by atoms with Crippen molar-refractivity contribution in [2.75, 3.05) is 17.9 Å². The minimum Gasteiger partial charge on any atom is -0.493 e. The third kappa shape index (κ3) is 6.13. The van der Waals surface area contributed by atoms with Crippen molar-refractivity contribution in [3.63, 3.8) is 0 Å². The van der Waals surface area contributed by atoms with Crippen LogP contribution in [0.4, 0.5) is 18.9 Å². The minimum atomic E-state index is -4.57. The molecule has 2 rings (SSSR count). The van der Waals surface area contributed by atoms with Gasteiger partial charge >= 0.3 is 6.18 Å². The number of hydrogen-bond acceptors (Lipinski definition) is 4. The summed E-state index contributed by atoms with van der Waals surface area (Å²) in [5.41, 5.74) is 0.0299. The molecule has 2 N–H and O–H groups in total. The smallest absolute Gasteiger partial charge is 0.405 e. The van der Waals surface area contributed by atoms with Gasteiger partial charge in [0.25, 0.3) is 15.9 Å². The highest BCUT2D eigenvalue weighted by Crippen LogP contribution is 2.29. The molecule has 2 aromatic rings. The van der Waals surface area contributed by atoms with E-state index in [1.54, 1.807) is 18.3 Å². The molecule has 28 heavy (non-hydrogen) atoms. The van der Waals surface area contributed by atoms with Crippen LogP contribution in [-0.4, -0.2) is 33.7 Å². The maximum atomic E-state index is 12.5. The summed E-state index contributed by atoms with van der Waals surface area (Å²) in [4.78, 5) is 11.6. The minimum absolute atomic E-state index is 0.208. The fourth-order valence-corrected chi connectivity index (χ4v) is 3.73. The van der Waals surface area contributed by atoms with E-state index in [4.69, 9.17) is 4.74 Å². The van der Waals surface area contributed by atoms with Gasteiger partial charge in [0, 0.05) is 5.56 Å². The first-order valence-electron chi connectivity index (χ1n) is 7.92. The van der Waals surface area contributed by atoms with Crippen LogP contribution in [0.5, 0.6) is 5.75 Å². The topological polar surface area (TPSA) is 84.5 Å². The maximum Gasteiger partial charge on any atom is 0.405 e. The highest BCUT2D eigenvalue weighted by molar-refractivity contribution is 9.10. The second-order valence-electron chi connectivity index (χ2n) is 5.51. The molecule has 0 aliphatic rings. The third-order valence-corrected chi connectivity index (χ3v) is 5.34. The zero-order chi connectivity index (χ0) is 20.9. The van der Waals surface area contributed by atoms with Gasteiger partial charge in [-0.25, -0.2) is 8.42 Å². The molecule has 152 valence electrons. The Morgan fingerprint density at radius 3 is 2.50 bits per heavy atom. The number of anilines is 1. The monoisotopic (exact) mass is 480 g/mol. The van der Waals surface area contributed by atoms with Gasteiger partial charge in [-0.15, -0.1) is 0 Å². The fourth-order valence-electron chi connectivity index (χ4n) is 2.14. The number of carbonyl (C=O) groups is 1. The van der Waals surface area contributed by atoms with E-state index in [1.165, 1.54) is 30.3 Å². The van der Waals surface area contributed by atoms with E-state index in [2.05, 4.69) is 20.7 Å². The van der Waals surface area contributed by atoms with E-state index in [-0.39, 0.29) is 16.1 Å². The number of benzene rings is 2. The predicted molar refractivity (Wildman–Crippen MR) is 101 cm³/mol. The van der Waals surface area contributed by atoms with Crippen molar-refractivity contribution in [3.8, 4) is 5.75 Å². The number of hydrogen-bond donors (Lipinski definition) is 2. The molecule has 0 atom stereocenters. The second kappa shape index (κ2) is 8.82. The van der Waals surface area contributed by atoms with E-state index in [0.29, 0.717) is 16.8 Å². The zero-order valence-electron chi connectivity index (χ0n) is 14.5. The Hall–Kier alpha value is -2.27. The van der Waals surface area contributed by atoms with Gasteiger partial charge in [0.15, 0.2) is 0 Å². The molecule has 0 saturated carbocycles. The van der Waals surface area contributed by atoms with Crippen LogP contribution in [-0.2, 0) is 10.0 Å². The molecule has 0 heterocycles. The van der Waals surface area contributed by atoms with Gasteiger partial charge in [-0.3, -0.25) is 9.52 Å². The first-order chi connectivity index (χ1) is 13.0. The number of nitrogens with one attached hydrogen (secondary N) is 2. The third-order valence-electron chi connectivity index (χ3n) is 3.34. The molecule has 0 aliphatic carbocycles. The van der Waals surface area contributed by atoms with Crippen molar-refractivity contribution in [1.82, 2.24) is 5.32 Å². The molecule has 6 nitrogen and oxygen atoms in total. The van der Waals surface area contributed by atoms with Crippen molar-refractivity contribution >= 4 is 37.5 Å². The van der Waals surface area contributed by atoms with Gasteiger partial charge < -0.3 is 10.1 Å². The lowest BCUT2D eigenvalue weighted by Gasteiger charge is -2.12. The molecule has 1 amide bonds. The standard InChI is InChI=1S/C17H16BrF3N2O4S/c1-2-27-15-7-6-12(9-14(15)18)23-28(25,26)13-5-3-4-11(8-13)16(24)22-10-17(19,20)21/h3-9,23H,2,10H2,1H3,(H,22,24). The largest absolute Gasteiger partial charge is 0.493 e. The Morgan fingerprint density at radius 2 is 1.89 bits per heavy atom. The average Bonchev–Trinajstić information content (AvgIpc) is 2.61. The predicted octanol–water partition coefficient (Wildman–Crippen LogP) is 3.94. The molecule has 2 aromatic carbocycles. The average molecular weight is 481 g/mol. The molecule has 0 radical (unpaired) electrons. The van der Waals surface area contributed by atoms with E-state index in [0.717, 1.165) is 6.07 Å². The molecule has 0 fully saturated rings. The van der Waals surface area contributed by atoms with E-state index in [1.807, 2.05) is 0 Å². The molecule has 0 saturated heterocycles. The van der Waals surface area contributed by atoms with Crippen LogP contribution in [0.3, 0.4) is 0 Å². The Labute approximate surface area is 168 Å². The van der Waals surface area contributed by atoms with Gasteiger partial charge in [-0.05, 0) is 59.3 Å². The lowest BCUT2D eigenvalue weighted by atomic mass is 10.2. The van der Waals surface area contributed by atoms with Crippen LogP contribution in [0.2, 0.25) is 0 Å². The van der Waals surface area contributed by atoms with Crippen molar-refractivity contribution in [1.29, 1.82) is 0 Å². The van der Waals surface area contributed by atoms with Crippen LogP contribution in [0.25, 0.3) is 0 Å². The number of halogens is 4. The first kappa shape index (κ1) is 22.0. The van der Waals surface area contributed by atoms with Crippen LogP contribution < -0.4 is 14.8 Å². The quantitative estimate of drug-likeness (QED) is 0.628. The fraction of sp³-hybridized carbons (Fsp3) is 0.235. The maximum absolute atomic E-state index is 12.5. The van der Waals surface area contributed by atoms with Crippen LogP contribution in [0.15, 0.2) is 51.8 Å². The highest BCUT2D eigenvalue weighted by atomic mass is 79.9. The van der Waals surface area contributed by atoms with Gasteiger partial charge in [-0.1, -0.05) is 6.07 Å². The summed E-state index contributed by atoms with van der Waals surface area (Å²) in [5.74, 6) is -0.494. The number of carbonyl (C=O) groups excluding carboxylic acids is 1. The number of amides is 1. The van der Waals surface area contributed by atoms with Gasteiger partial charge in [0.2, 0.25) is 0 Å². The van der Waals surface area contributed by atoms with Crippen LogP contribution in [0, 0.1) is 0 Å². The first-order valence-corrected chi connectivity index (χ1v) is 10.2.